The summed E-state index contributed by atoms with van der Waals surface area (Å²) in [5, 5.41) is 5.10. The Hall–Kier alpha value is -2.98. The van der Waals surface area contributed by atoms with Gasteiger partial charge in [-0.15, -0.1) is 0 Å². The van der Waals surface area contributed by atoms with Crippen LogP contribution in [-0.4, -0.2) is 44.4 Å². The first-order valence-electron chi connectivity index (χ1n) is 8.84. The molecule has 1 heterocycles. The van der Waals surface area contributed by atoms with Gasteiger partial charge in [-0.1, -0.05) is 0 Å². The molecule has 8 nitrogen and oxygen atoms in total. The summed E-state index contributed by atoms with van der Waals surface area (Å²) >= 11 is 0. The molecule has 1 atom stereocenters. The molecule has 1 aliphatic heterocycles. The molecule has 0 aromatic heterocycles. The maximum Gasteiger partial charge on any atom is 0.324 e. The second-order valence-corrected chi connectivity index (χ2v) is 8.30. The topological polar surface area (TPSA) is 105 Å². The lowest BCUT2D eigenvalue weighted by molar-refractivity contribution is -0.144. The summed E-state index contributed by atoms with van der Waals surface area (Å²) in [7, 11) is -2.65. The van der Waals surface area contributed by atoms with Crippen LogP contribution in [0.2, 0.25) is 0 Å². The summed E-state index contributed by atoms with van der Waals surface area (Å²) in [4.78, 5) is 23.9. The van der Waals surface area contributed by atoms with E-state index in [1.54, 1.807) is 0 Å². The Morgan fingerprint density at radius 3 is 2.14 bits per heavy atom. The first-order valence-corrected chi connectivity index (χ1v) is 10.3. The monoisotopic (exact) mass is 421 g/mol. The van der Waals surface area contributed by atoms with Gasteiger partial charge in [-0.2, -0.15) is 4.31 Å². The van der Waals surface area contributed by atoms with Crippen molar-refractivity contribution in [3.63, 3.8) is 0 Å². The van der Waals surface area contributed by atoms with Crippen LogP contribution in [-0.2, 0) is 19.6 Å². The van der Waals surface area contributed by atoms with Gasteiger partial charge in [0.15, 0.2) is 0 Å². The normalized spacial score (nSPS) is 17.0. The second kappa shape index (κ2) is 8.58. The Balaban J connectivity index is 1.68. The molecule has 0 bridgehead atoms. The highest BCUT2D eigenvalue weighted by Gasteiger charge is 2.40. The number of methoxy groups -OCH3 is 1. The zero-order valence-electron chi connectivity index (χ0n) is 15.6. The minimum absolute atomic E-state index is 0.0118. The molecule has 10 heteroatoms. The van der Waals surface area contributed by atoms with Crippen molar-refractivity contribution in [2.24, 2.45) is 0 Å². The van der Waals surface area contributed by atoms with Gasteiger partial charge in [-0.05, 0) is 61.4 Å². The molecular weight excluding hydrogens is 401 g/mol. The van der Waals surface area contributed by atoms with E-state index in [0.717, 1.165) is 4.31 Å². The van der Waals surface area contributed by atoms with Crippen molar-refractivity contribution in [3.8, 4) is 0 Å². The fourth-order valence-corrected chi connectivity index (χ4v) is 4.72. The van der Waals surface area contributed by atoms with E-state index in [0.29, 0.717) is 24.2 Å². The third-order valence-corrected chi connectivity index (χ3v) is 6.42. The number of nitrogens with one attached hydrogen (secondary N) is 2. The summed E-state index contributed by atoms with van der Waals surface area (Å²) in [5.74, 6) is -0.998. The number of sulfonamides is 1. The van der Waals surface area contributed by atoms with Crippen LogP contribution in [0.1, 0.15) is 12.8 Å². The van der Waals surface area contributed by atoms with Crippen molar-refractivity contribution < 1.29 is 27.1 Å². The van der Waals surface area contributed by atoms with Gasteiger partial charge in [0.25, 0.3) is 0 Å². The predicted octanol–water partition coefficient (Wildman–Crippen LogP) is 2.80. The number of halogens is 1. The van der Waals surface area contributed by atoms with E-state index in [1.165, 1.54) is 55.6 Å². The lowest BCUT2D eigenvalue weighted by atomic mass is 10.2. The SMILES string of the molecule is COC(=O)[C@@H]1CCCN1S(=O)(=O)c1ccc(NC(=O)Nc2ccc(F)cc2)cc1. The van der Waals surface area contributed by atoms with Gasteiger partial charge in [0.05, 0.1) is 12.0 Å². The highest BCUT2D eigenvalue weighted by atomic mass is 32.2. The Morgan fingerprint density at radius 2 is 1.59 bits per heavy atom. The van der Waals surface area contributed by atoms with Gasteiger partial charge in [0.1, 0.15) is 11.9 Å². The average molecular weight is 421 g/mol. The number of hydrogen-bond acceptors (Lipinski definition) is 5. The van der Waals surface area contributed by atoms with E-state index in [1.807, 2.05) is 0 Å². The first kappa shape index (κ1) is 20.7. The van der Waals surface area contributed by atoms with E-state index in [2.05, 4.69) is 10.6 Å². The highest BCUT2D eigenvalue weighted by molar-refractivity contribution is 7.89. The Bertz CT molecular complexity index is 994. The zero-order valence-corrected chi connectivity index (χ0v) is 16.4. The molecule has 0 spiro atoms. The van der Waals surface area contributed by atoms with Crippen LogP contribution in [0.3, 0.4) is 0 Å². The van der Waals surface area contributed by atoms with Crippen LogP contribution < -0.4 is 10.6 Å². The molecule has 29 heavy (non-hydrogen) atoms. The molecule has 1 fully saturated rings. The Kier molecular flexibility index (Phi) is 6.14. The molecule has 154 valence electrons. The largest absolute Gasteiger partial charge is 0.468 e. The molecule has 3 rings (SSSR count). The lowest BCUT2D eigenvalue weighted by Crippen LogP contribution is -2.41. The van der Waals surface area contributed by atoms with Crippen molar-refractivity contribution in [2.75, 3.05) is 24.3 Å². The van der Waals surface area contributed by atoms with E-state index < -0.39 is 33.9 Å². The van der Waals surface area contributed by atoms with Crippen LogP contribution in [0.5, 0.6) is 0 Å². The number of ether oxygens (including phenoxy) is 1. The van der Waals surface area contributed by atoms with Crippen molar-refractivity contribution in [1.82, 2.24) is 4.31 Å². The Labute approximate surface area is 167 Å². The van der Waals surface area contributed by atoms with E-state index in [4.69, 9.17) is 4.74 Å². The van der Waals surface area contributed by atoms with Crippen LogP contribution in [0.15, 0.2) is 53.4 Å². The number of esters is 1. The summed E-state index contributed by atoms with van der Waals surface area (Å²) in [6, 6.07) is 9.48. The van der Waals surface area contributed by atoms with Gasteiger partial charge in [0.2, 0.25) is 10.0 Å². The number of carbonyl (C=O) groups excluding carboxylic acids is 2. The fourth-order valence-electron chi connectivity index (χ4n) is 3.07. The fraction of sp³-hybridized carbons (Fsp3) is 0.263. The van der Waals surface area contributed by atoms with Gasteiger partial charge in [-0.25, -0.2) is 17.6 Å². The van der Waals surface area contributed by atoms with E-state index in [9.17, 15) is 22.4 Å². The Morgan fingerprint density at radius 1 is 1.03 bits per heavy atom. The number of hydrogen-bond donors (Lipinski definition) is 2. The maximum atomic E-state index is 12.9. The van der Waals surface area contributed by atoms with Gasteiger partial charge < -0.3 is 15.4 Å². The average Bonchev–Trinajstić information content (AvgIpc) is 3.20. The number of amides is 2. The first-order chi connectivity index (χ1) is 13.8. The van der Waals surface area contributed by atoms with E-state index in [-0.39, 0.29) is 11.4 Å². The maximum absolute atomic E-state index is 12.9. The number of anilines is 2. The molecule has 2 aromatic rings. The molecular formula is C19H20FN3O5S. The van der Waals surface area contributed by atoms with Gasteiger partial charge >= 0.3 is 12.0 Å². The molecule has 2 amide bonds. The van der Waals surface area contributed by atoms with Crippen molar-refractivity contribution in [1.29, 1.82) is 0 Å². The summed E-state index contributed by atoms with van der Waals surface area (Å²) < 4.78 is 44.4. The minimum Gasteiger partial charge on any atom is -0.468 e. The van der Waals surface area contributed by atoms with Gasteiger partial charge in [0, 0.05) is 17.9 Å². The molecule has 0 aliphatic carbocycles. The number of benzene rings is 2. The number of rotatable bonds is 5. The molecule has 0 saturated carbocycles. The zero-order chi connectivity index (χ0) is 21.0. The molecule has 2 aromatic carbocycles. The van der Waals surface area contributed by atoms with Crippen LogP contribution in [0.4, 0.5) is 20.6 Å². The smallest absolute Gasteiger partial charge is 0.324 e. The van der Waals surface area contributed by atoms with Crippen LogP contribution in [0, 0.1) is 5.82 Å². The second-order valence-electron chi connectivity index (χ2n) is 6.41. The highest BCUT2D eigenvalue weighted by Crippen LogP contribution is 2.27. The number of urea groups is 1. The van der Waals surface area contributed by atoms with Crippen molar-refractivity contribution >= 4 is 33.4 Å². The van der Waals surface area contributed by atoms with E-state index >= 15 is 0 Å². The minimum atomic E-state index is -3.87. The summed E-state index contributed by atoms with van der Waals surface area (Å²) in [5.41, 5.74) is 0.778. The van der Waals surface area contributed by atoms with Gasteiger partial charge in [-0.3, -0.25) is 4.79 Å². The molecule has 0 radical (unpaired) electrons. The molecule has 2 N–H and O–H groups in total. The molecule has 1 saturated heterocycles. The summed E-state index contributed by atoms with van der Waals surface area (Å²) in [6.07, 6.45) is 0.983. The molecule has 1 aliphatic rings. The number of nitrogens with zero attached hydrogens (tertiary/aromatic N) is 1. The van der Waals surface area contributed by atoms with Crippen LogP contribution >= 0.6 is 0 Å². The third kappa shape index (κ3) is 4.72. The van der Waals surface area contributed by atoms with Crippen molar-refractivity contribution in [3.05, 3.63) is 54.3 Å². The van der Waals surface area contributed by atoms with Crippen molar-refractivity contribution in [2.45, 2.75) is 23.8 Å². The summed E-state index contributed by atoms with van der Waals surface area (Å²) in [6.45, 7) is 0.238. The third-order valence-electron chi connectivity index (χ3n) is 4.50. The molecule has 0 unspecified atom stereocenters. The predicted molar refractivity (Wildman–Crippen MR) is 104 cm³/mol. The quantitative estimate of drug-likeness (QED) is 0.723. The standard InChI is InChI=1S/C19H20FN3O5S/c1-28-18(24)17-3-2-12-23(17)29(26,27)16-10-8-15(9-11-16)22-19(25)21-14-6-4-13(20)5-7-14/h4-11,17H,2-3,12H2,1H3,(H2,21,22,25)/t17-/m0/s1. The number of carbonyl (C=O) groups is 2. The van der Waals surface area contributed by atoms with Crippen LogP contribution in [0.25, 0.3) is 0 Å². The lowest BCUT2D eigenvalue weighted by Gasteiger charge is -2.22.